The molecule has 0 bridgehead atoms. The molecule has 0 spiro atoms. The number of carbonyl (C=O) groups excluding carboxylic acids is 1. The van der Waals surface area contributed by atoms with Crippen LogP contribution in [0.1, 0.15) is 13.3 Å². The third-order valence-corrected chi connectivity index (χ3v) is 3.33. The van der Waals surface area contributed by atoms with Gasteiger partial charge in [0.15, 0.2) is 7.38 Å². The number of hydrogen-bond acceptors (Lipinski definition) is 2. The number of ether oxygens (including phenoxy) is 1. The third kappa shape index (κ3) is 9.98. The minimum Gasteiger partial charge on any atom is -0.466 e. The van der Waals surface area contributed by atoms with E-state index >= 15 is 0 Å². The summed E-state index contributed by atoms with van der Waals surface area (Å²) >= 11 is 6.05. The summed E-state index contributed by atoms with van der Waals surface area (Å²) < 4.78 is 4.76. The molecule has 0 aliphatic heterocycles. The maximum absolute atomic E-state index is 10.3. The van der Waals surface area contributed by atoms with E-state index < -0.39 is 7.38 Å². The molecule has 0 saturated carbocycles. The fourth-order valence-corrected chi connectivity index (χ4v) is 2.09. The van der Waals surface area contributed by atoms with Gasteiger partial charge in [0.05, 0.1) is 6.61 Å². The van der Waals surface area contributed by atoms with Gasteiger partial charge in [-0.1, -0.05) is 13.1 Å². The van der Waals surface area contributed by atoms with E-state index in [1.807, 2.05) is 0 Å². The zero-order chi connectivity index (χ0) is 8.91. The Labute approximate surface area is 73.6 Å². The van der Waals surface area contributed by atoms with Crippen molar-refractivity contribution in [2.45, 2.75) is 32.5 Å². The second-order valence-corrected chi connectivity index (χ2v) is 10.2. The van der Waals surface area contributed by atoms with Crippen molar-refractivity contribution in [1.82, 2.24) is 0 Å². The smallest absolute Gasteiger partial charge is 0.302 e. The van der Waals surface area contributed by atoms with Gasteiger partial charge in [-0.2, -0.15) is 11.1 Å². The summed E-state index contributed by atoms with van der Waals surface area (Å²) in [5.41, 5.74) is 0. The van der Waals surface area contributed by atoms with Crippen molar-refractivity contribution in [2.24, 2.45) is 0 Å². The van der Waals surface area contributed by atoms with E-state index in [-0.39, 0.29) is 5.97 Å². The van der Waals surface area contributed by atoms with E-state index in [1.54, 1.807) is 0 Å². The Kier molecular flexibility index (Phi) is 4.76. The highest BCUT2D eigenvalue weighted by Gasteiger charge is 2.15. The van der Waals surface area contributed by atoms with E-state index in [0.29, 0.717) is 6.61 Å². The summed E-state index contributed by atoms with van der Waals surface area (Å²) in [5.74, 6) is -0.209. The predicted octanol–water partition coefficient (Wildman–Crippen LogP) is 2.38. The maximum atomic E-state index is 10.3. The minimum absolute atomic E-state index is 0.209. The Hall–Kier alpha value is -0.0231. The lowest BCUT2D eigenvalue weighted by Gasteiger charge is -2.11. The number of halogens is 1. The highest BCUT2D eigenvalue weighted by atomic mass is 35.6. The van der Waals surface area contributed by atoms with Crippen molar-refractivity contribution in [1.29, 1.82) is 0 Å². The molecule has 0 N–H and O–H groups in total. The summed E-state index contributed by atoms with van der Waals surface area (Å²) in [6.45, 7) is 6.10. The second-order valence-electron chi connectivity index (χ2n) is 3.16. The first-order valence-electron chi connectivity index (χ1n) is 3.74. The molecule has 0 rings (SSSR count). The number of rotatable bonds is 4. The molecular weight excluding hydrogens is 180 g/mol. The minimum atomic E-state index is -1.45. The Morgan fingerprint density at radius 2 is 2.09 bits per heavy atom. The van der Waals surface area contributed by atoms with Crippen molar-refractivity contribution in [2.75, 3.05) is 6.61 Å². The molecule has 0 saturated heterocycles. The van der Waals surface area contributed by atoms with Crippen molar-refractivity contribution in [3.63, 3.8) is 0 Å². The first kappa shape index (κ1) is 11.0. The molecule has 11 heavy (non-hydrogen) atoms. The van der Waals surface area contributed by atoms with Crippen molar-refractivity contribution < 1.29 is 9.53 Å². The molecule has 0 aromatic carbocycles. The highest BCUT2D eigenvalue weighted by Crippen LogP contribution is 2.15. The van der Waals surface area contributed by atoms with Crippen LogP contribution in [0.4, 0.5) is 0 Å². The van der Waals surface area contributed by atoms with Gasteiger partial charge in [-0.15, -0.1) is 0 Å². The molecular formula is C7H15ClO2Si. The van der Waals surface area contributed by atoms with Gasteiger partial charge < -0.3 is 4.74 Å². The molecule has 0 aromatic rings. The standard InChI is InChI=1S/C7H15ClO2Si/c1-7(9)10-5-4-6-11(2,3)8/h4-6H2,1-3H3. The average molecular weight is 195 g/mol. The quantitative estimate of drug-likeness (QED) is 0.297. The van der Waals surface area contributed by atoms with Crippen LogP contribution in [-0.4, -0.2) is 20.0 Å². The van der Waals surface area contributed by atoms with Gasteiger partial charge in [0.1, 0.15) is 0 Å². The highest BCUT2D eigenvalue weighted by molar-refractivity contribution is 7.19. The normalized spacial score (nSPS) is 11.3. The summed E-state index contributed by atoms with van der Waals surface area (Å²) in [5, 5.41) is 0. The SMILES string of the molecule is CC(=O)OCCC[Si](C)(C)Cl. The zero-order valence-electron chi connectivity index (χ0n) is 7.32. The van der Waals surface area contributed by atoms with E-state index in [9.17, 15) is 4.79 Å². The first-order chi connectivity index (χ1) is 4.92. The van der Waals surface area contributed by atoms with Crippen LogP contribution in [0.25, 0.3) is 0 Å². The molecule has 4 heteroatoms. The predicted molar refractivity (Wildman–Crippen MR) is 49.4 cm³/mol. The first-order valence-corrected chi connectivity index (χ1v) is 7.96. The van der Waals surface area contributed by atoms with Gasteiger partial charge in [0.25, 0.3) is 0 Å². The van der Waals surface area contributed by atoms with Crippen LogP contribution in [-0.2, 0) is 9.53 Å². The van der Waals surface area contributed by atoms with Crippen molar-refractivity contribution >= 4 is 24.4 Å². The van der Waals surface area contributed by atoms with Gasteiger partial charge in [0.2, 0.25) is 0 Å². The molecule has 0 aliphatic carbocycles. The lowest BCUT2D eigenvalue weighted by Crippen LogP contribution is -2.16. The van der Waals surface area contributed by atoms with Crippen LogP contribution in [0.2, 0.25) is 19.1 Å². The molecule has 66 valence electrons. The monoisotopic (exact) mass is 194 g/mol. The van der Waals surface area contributed by atoms with Crippen LogP contribution in [0.15, 0.2) is 0 Å². The summed E-state index contributed by atoms with van der Waals surface area (Å²) in [7, 11) is -1.45. The zero-order valence-corrected chi connectivity index (χ0v) is 9.07. The molecule has 0 unspecified atom stereocenters. The van der Waals surface area contributed by atoms with Gasteiger partial charge >= 0.3 is 5.97 Å². The fraction of sp³-hybridized carbons (Fsp3) is 0.857. The van der Waals surface area contributed by atoms with Crippen molar-refractivity contribution in [3.8, 4) is 0 Å². The average Bonchev–Trinajstić information content (AvgIpc) is 1.78. The van der Waals surface area contributed by atoms with E-state index in [4.69, 9.17) is 15.8 Å². The Morgan fingerprint density at radius 3 is 2.45 bits per heavy atom. The van der Waals surface area contributed by atoms with Crippen LogP contribution >= 0.6 is 11.1 Å². The molecule has 0 radical (unpaired) electrons. The number of carbonyl (C=O) groups is 1. The van der Waals surface area contributed by atoms with Crippen LogP contribution in [0.5, 0.6) is 0 Å². The molecule has 2 nitrogen and oxygen atoms in total. The largest absolute Gasteiger partial charge is 0.466 e. The fourth-order valence-electron chi connectivity index (χ4n) is 0.708. The lowest BCUT2D eigenvalue weighted by atomic mass is 10.5. The van der Waals surface area contributed by atoms with Crippen LogP contribution in [0.3, 0.4) is 0 Å². The Balaban J connectivity index is 3.22. The lowest BCUT2D eigenvalue weighted by molar-refractivity contribution is -0.140. The Bertz CT molecular complexity index is 131. The van der Waals surface area contributed by atoms with Crippen LogP contribution < -0.4 is 0 Å². The van der Waals surface area contributed by atoms with Gasteiger partial charge in [0, 0.05) is 6.92 Å². The summed E-state index contributed by atoms with van der Waals surface area (Å²) in [6, 6.07) is 1.00. The number of esters is 1. The second kappa shape index (κ2) is 4.77. The van der Waals surface area contributed by atoms with E-state index in [0.717, 1.165) is 12.5 Å². The summed E-state index contributed by atoms with van der Waals surface area (Å²) in [4.78, 5) is 10.3. The van der Waals surface area contributed by atoms with Gasteiger partial charge in [-0.25, -0.2) is 0 Å². The number of hydrogen-bond donors (Lipinski definition) is 0. The molecule has 0 atom stereocenters. The summed E-state index contributed by atoms with van der Waals surface area (Å²) in [6.07, 6.45) is 0.891. The third-order valence-electron chi connectivity index (χ3n) is 1.22. The van der Waals surface area contributed by atoms with E-state index in [1.165, 1.54) is 6.92 Å². The maximum Gasteiger partial charge on any atom is 0.302 e. The van der Waals surface area contributed by atoms with Gasteiger partial charge in [-0.05, 0) is 12.5 Å². The molecule has 0 amide bonds. The molecule has 0 aliphatic rings. The molecule has 0 heterocycles. The molecule has 0 fully saturated rings. The molecule has 0 aromatic heterocycles. The van der Waals surface area contributed by atoms with Gasteiger partial charge in [-0.3, -0.25) is 4.79 Å². The van der Waals surface area contributed by atoms with E-state index in [2.05, 4.69) is 13.1 Å². The topological polar surface area (TPSA) is 26.3 Å². The van der Waals surface area contributed by atoms with Crippen molar-refractivity contribution in [3.05, 3.63) is 0 Å². The Morgan fingerprint density at radius 1 is 1.55 bits per heavy atom. The van der Waals surface area contributed by atoms with Crippen LogP contribution in [0, 0.1) is 0 Å².